The van der Waals surface area contributed by atoms with Crippen molar-refractivity contribution in [1.82, 2.24) is 0 Å². The highest BCUT2D eigenvalue weighted by Gasteiger charge is 2.10. The molecule has 0 aliphatic heterocycles. The smallest absolute Gasteiger partial charge is 0.339 e. The molecule has 0 fully saturated rings. The zero-order valence-corrected chi connectivity index (χ0v) is 10.8. The van der Waals surface area contributed by atoms with E-state index >= 15 is 0 Å². The minimum atomic E-state index is -1.22. The van der Waals surface area contributed by atoms with E-state index in [-0.39, 0.29) is 23.5 Å². The molecular weight excluding hydrogens is 276 g/mol. The highest BCUT2D eigenvalue weighted by atomic mass is 16.5. The Kier molecular flexibility index (Phi) is 4.08. The highest BCUT2D eigenvalue weighted by Crippen LogP contribution is 2.24. The van der Waals surface area contributed by atoms with Crippen LogP contribution >= 0.6 is 0 Å². The Labute approximate surface area is 119 Å². The Bertz CT molecular complexity index is 675. The summed E-state index contributed by atoms with van der Waals surface area (Å²) in [4.78, 5) is 21.5. The van der Waals surface area contributed by atoms with Crippen molar-refractivity contribution in [2.45, 2.75) is 6.61 Å². The fraction of sp³-hybridized carbons (Fsp3) is 0.0667. The second-order valence-electron chi connectivity index (χ2n) is 4.27. The maximum atomic E-state index is 10.8. The van der Waals surface area contributed by atoms with E-state index in [2.05, 4.69) is 0 Å². The molecule has 21 heavy (non-hydrogen) atoms. The second kappa shape index (κ2) is 5.96. The summed E-state index contributed by atoms with van der Waals surface area (Å²) in [6, 6.07) is 10.1. The number of ether oxygens (including phenoxy) is 1. The standard InChI is InChI=1S/C15H12O6/c16-13-7-11(5-6-12(13)15(19)20)21-8-9-1-3-10(4-2-9)14(17)18/h1-7,16H,8H2,(H,17,18)(H,19,20). The van der Waals surface area contributed by atoms with Crippen LogP contribution in [0.3, 0.4) is 0 Å². The van der Waals surface area contributed by atoms with Gasteiger partial charge in [0.2, 0.25) is 0 Å². The molecule has 0 heterocycles. The maximum Gasteiger partial charge on any atom is 0.339 e. The van der Waals surface area contributed by atoms with E-state index in [1.165, 1.54) is 30.3 Å². The molecule has 0 spiro atoms. The van der Waals surface area contributed by atoms with E-state index in [1.807, 2.05) is 0 Å². The van der Waals surface area contributed by atoms with Crippen molar-refractivity contribution in [3.8, 4) is 11.5 Å². The Hall–Kier alpha value is -3.02. The van der Waals surface area contributed by atoms with Gasteiger partial charge in [0, 0.05) is 6.07 Å². The molecule has 0 amide bonds. The lowest BCUT2D eigenvalue weighted by molar-refractivity contribution is 0.0684. The lowest BCUT2D eigenvalue weighted by atomic mass is 10.1. The van der Waals surface area contributed by atoms with Gasteiger partial charge in [0.15, 0.2) is 0 Å². The molecule has 2 aromatic carbocycles. The Morgan fingerprint density at radius 1 is 0.952 bits per heavy atom. The topological polar surface area (TPSA) is 104 Å². The van der Waals surface area contributed by atoms with Crippen LogP contribution in [0.2, 0.25) is 0 Å². The van der Waals surface area contributed by atoms with Gasteiger partial charge >= 0.3 is 11.9 Å². The average Bonchev–Trinajstić information content (AvgIpc) is 2.45. The summed E-state index contributed by atoms with van der Waals surface area (Å²) >= 11 is 0. The molecule has 0 aliphatic carbocycles. The van der Waals surface area contributed by atoms with Crippen LogP contribution in [0.1, 0.15) is 26.3 Å². The third-order valence-corrected chi connectivity index (χ3v) is 2.81. The first kappa shape index (κ1) is 14.4. The van der Waals surface area contributed by atoms with E-state index < -0.39 is 11.9 Å². The SMILES string of the molecule is O=C(O)c1ccc(COc2ccc(C(=O)O)c(O)c2)cc1. The van der Waals surface area contributed by atoms with Crippen molar-refractivity contribution in [2.24, 2.45) is 0 Å². The molecule has 0 saturated heterocycles. The van der Waals surface area contributed by atoms with Crippen LogP contribution in [-0.2, 0) is 6.61 Å². The van der Waals surface area contributed by atoms with Gasteiger partial charge in [0.05, 0.1) is 5.56 Å². The molecule has 0 atom stereocenters. The summed E-state index contributed by atoms with van der Waals surface area (Å²) in [5.74, 6) is -2.28. The van der Waals surface area contributed by atoms with Gasteiger partial charge in [0.1, 0.15) is 23.7 Å². The number of hydrogen-bond acceptors (Lipinski definition) is 4. The molecule has 0 aliphatic rings. The van der Waals surface area contributed by atoms with Gasteiger partial charge in [-0.2, -0.15) is 0 Å². The first-order valence-corrected chi connectivity index (χ1v) is 5.98. The van der Waals surface area contributed by atoms with E-state index in [0.29, 0.717) is 5.75 Å². The average molecular weight is 288 g/mol. The van der Waals surface area contributed by atoms with Gasteiger partial charge in [-0.3, -0.25) is 0 Å². The number of aromatic hydroxyl groups is 1. The van der Waals surface area contributed by atoms with Crippen LogP contribution in [0.25, 0.3) is 0 Å². The number of carboxylic acid groups (broad SMARTS) is 2. The van der Waals surface area contributed by atoms with Crippen molar-refractivity contribution in [2.75, 3.05) is 0 Å². The lowest BCUT2D eigenvalue weighted by Crippen LogP contribution is -2.00. The number of carbonyl (C=O) groups is 2. The summed E-state index contributed by atoms with van der Waals surface area (Å²) in [6.07, 6.45) is 0. The van der Waals surface area contributed by atoms with Gasteiger partial charge in [-0.05, 0) is 29.8 Å². The highest BCUT2D eigenvalue weighted by molar-refractivity contribution is 5.91. The van der Waals surface area contributed by atoms with Crippen molar-refractivity contribution in [3.05, 3.63) is 59.2 Å². The molecule has 0 saturated carbocycles. The van der Waals surface area contributed by atoms with Crippen LogP contribution in [0.15, 0.2) is 42.5 Å². The van der Waals surface area contributed by atoms with Crippen LogP contribution in [0, 0.1) is 0 Å². The minimum absolute atomic E-state index is 0.172. The van der Waals surface area contributed by atoms with E-state index in [1.54, 1.807) is 12.1 Å². The van der Waals surface area contributed by atoms with Crippen molar-refractivity contribution < 1.29 is 29.6 Å². The van der Waals surface area contributed by atoms with Crippen molar-refractivity contribution >= 4 is 11.9 Å². The molecular formula is C15H12O6. The molecule has 6 heteroatoms. The van der Waals surface area contributed by atoms with Gasteiger partial charge in [-0.1, -0.05) is 12.1 Å². The Morgan fingerprint density at radius 2 is 1.62 bits per heavy atom. The molecule has 3 N–H and O–H groups in total. The predicted molar refractivity (Wildman–Crippen MR) is 72.8 cm³/mol. The van der Waals surface area contributed by atoms with E-state index in [4.69, 9.17) is 14.9 Å². The summed E-state index contributed by atoms with van der Waals surface area (Å²) in [6.45, 7) is 0.172. The monoisotopic (exact) mass is 288 g/mol. The fourth-order valence-electron chi connectivity index (χ4n) is 1.69. The van der Waals surface area contributed by atoms with Gasteiger partial charge in [0.25, 0.3) is 0 Å². The number of rotatable bonds is 5. The second-order valence-corrected chi connectivity index (χ2v) is 4.27. The van der Waals surface area contributed by atoms with Gasteiger partial charge in [-0.15, -0.1) is 0 Å². The van der Waals surface area contributed by atoms with Crippen LogP contribution < -0.4 is 4.74 Å². The zero-order chi connectivity index (χ0) is 15.4. The number of benzene rings is 2. The molecule has 2 aromatic rings. The first-order valence-electron chi connectivity index (χ1n) is 5.98. The Morgan fingerprint density at radius 3 is 2.14 bits per heavy atom. The normalized spacial score (nSPS) is 10.1. The molecule has 6 nitrogen and oxygen atoms in total. The number of carboxylic acids is 2. The summed E-state index contributed by atoms with van der Waals surface area (Å²) in [5, 5.41) is 27.1. The largest absolute Gasteiger partial charge is 0.507 e. The summed E-state index contributed by atoms with van der Waals surface area (Å²) in [7, 11) is 0. The summed E-state index contributed by atoms with van der Waals surface area (Å²) in [5.41, 5.74) is 0.733. The van der Waals surface area contributed by atoms with Gasteiger partial charge in [-0.25, -0.2) is 9.59 Å². The number of hydrogen-bond donors (Lipinski definition) is 3. The van der Waals surface area contributed by atoms with Crippen molar-refractivity contribution in [3.63, 3.8) is 0 Å². The lowest BCUT2D eigenvalue weighted by Gasteiger charge is -2.08. The van der Waals surface area contributed by atoms with E-state index in [9.17, 15) is 14.7 Å². The fourth-order valence-corrected chi connectivity index (χ4v) is 1.69. The third kappa shape index (κ3) is 3.50. The molecule has 0 aromatic heterocycles. The Balaban J connectivity index is 2.04. The molecule has 108 valence electrons. The molecule has 2 rings (SSSR count). The van der Waals surface area contributed by atoms with Gasteiger partial charge < -0.3 is 20.1 Å². The van der Waals surface area contributed by atoms with Crippen LogP contribution in [-0.4, -0.2) is 27.3 Å². The zero-order valence-electron chi connectivity index (χ0n) is 10.8. The predicted octanol–water partition coefficient (Wildman–Crippen LogP) is 2.37. The van der Waals surface area contributed by atoms with Crippen LogP contribution in [0.5, 0.6) is 11.5 Å². The molecule has 0 radical (unpaired) electrons. The van der Waals surface area contributed by atoms with Crippen LogP contribution in [0.4, 0.5) is 0 Å². The quantitative estimate of drug-likeness (QED) is 0.780. The molecule has 0 unspecified atom stereocenters. The maximum absolute atomic E-state index is 10.8. The first-order chi connectivity index (χ1) is 9.97. The van der Waals surface area contributed by atoms with Crippen molar-refractivity contribution in [1.29, 1.82) is 0 Å². The third-order valence-electron chi connectivity index (χ3n) is 2.81. The number of phenols is 1. The number of aromatic carboxylic acids is 2. The minimum Gasteiger partial charge on any atom is -0.507 e. The summed E-state index contributed by atoms with van der Waals surface area (Å²) < 4.78 is 5.41. The molecule has 0 bridgehead atoms. The van der Waals surface area contributed by atoms with E-state index in [0.717, 1.165) is 5.56 Å².